The highest BCUT2D eigenvalue weighted by atomic mass is 16.3. The molecule has 9 aromatic rings. The number of aromatic nitrogens is 1. The summed E-state index contributed by atoms with van der Waals surface area (Å²) < 4.78 is 8.86. The lowest BCUT2D eigenvalue weighted by atomic mass is 9.86. The largest absolute Gasteiger partial charge is 0.456 e. The molecular weight excluding hydrogens is 707 g/mol. The van der Waals surface area contributed by atoms with E-state index in [2.05, 4.69) is 194 Å². The van der Waals surface area contributed by atoms with Crippen LogP contribution in [0.2, 0.25) is 0 Å². The van der Waals surface area contributed by atoms with Crippen LogP contribution < -0.4 is 0 Å². The summed E-state index contributed by atoms with van der Waals surface area (Å²) in [4.78, 5) is 10.8. The van der Waals surface area contributed by atoms with E-state index in [4.69, 9.17) is 14.4 Å². The highest BCUT2D eigenvalue weighted by molar-refractivity contribution is 6.13. The fourth-order valence-electron chi connectivity index (χ4n) is 8.87. The van der Waals surface area contributed by atoms with Crippen molar-refractivity contribution in [2.75, 3.05) is 0 Å². The summed E-state index contributed by atoms with van der Waals surface area (Å²) in [7, 11) is 0. The third kappa shape index (κ3) is 5.93. The smallest absolute Gasteiger partial charge is 0.161 e. The zero-order valence-corrected chi connectivity index (χ0v) is 32.1. The molecule has 11 rings (SSSR count). The lowest BCUT2D eigenvalue weighted by Crippen LogP contribution is -2.17. The molecular formula is C54H39N3O. The molecule has 7 aromatic carbocycles. The Morgan fingerprint density at radius 2 is 1.17 bits per heavy atom. The summed E-state index contributed by atoms with van der Waals surface area (Å²) in [6, 6.07) is 62.2. The Hall–Kier alpha value is -7.30. The Labute approximate surface area is 337 Å². The van der Waals surface area contributed by atoms with Crippen LogP contribution in [-0.2, 0) is 6.42 Å². The van der Waals surface area contributed by atoms with Gasteiger partial charge in [-0.3, -0.25) is 4.57 Å². The number of furan rings is 1. The molecule has 276 valence electrons. The predicted molar refractivity (Wildman–Crippen MR) is 241 cm³/mol. The number of hydrogen-bond acceptors (Lipinski definition) is 3. The summed E-state index contributed by atoms with van der Waals surface area (Å²) in [5.41, 5.74) is 15.8. The Balaban J connectivity index is 0.973. The number of allylic oxidation sites excluding steroid dienone is 2. The topological polar surface area (TPSA) is 42.8 Å². The van der Waals surface area contributed by atoms with Crippen molar-refractivity contribution in [1.82, 2.24) is 4.57 Å². The number of nitrogens with zero attached hydrogens (tertiary/aromatic N) is 3. The third-order valence-electron chi connectivity index (χ3n) is 11.8. The first-order valence-electron chi connectivity index (χ1n) is 20.0. The van der Waals surface area contributed by atoms with Crippen molar-refractivity contribution in [2.45, 2.75) is 25.7 Å². The fraction of sp³-hybridized carbons (Fsp3) is 0.0741. The van der Waals surface area contributed by atoms with Gasteiger partial charge in [-0.2, -0.15) is 0 Å². The number of amidine groups is 1. The van der Waals surface area contributed by atoms with Gasteiger partial charge in [0.2, 0.25) is 0 Å². The van der Waals surface area contributed by atoms with E-state index < -0.39 is 0 Å². The second-order valence-corrected chi connectivity index (χ2v) is 15.4. The van der Waals surface area contributed by atoms with Gasteiger partial charge in [-0.05, 0) is 82.6 Å². The van der Waals surface area contributed by atoms with E-state index in [9.17, 15) is 0 Å². The zero-order valence-electron chi connectivity index (χ0n) is 32.1. The van der Waals surface area contributed by atoms with Crippen LogP contribution in [0.4, 0.5) is 0 Å². The standard InChI is InChI=1S/C54H39N3O/c1-35-31-52(55-54(40-17-9-4-10-18-40)56-53(35)39-23-21-38(22-24-39)36-13-5-2-6-14-36)57-48-20-12-11-19-44(48)46-32-42(26-29-49(46)57)43-25-28-45-47-33-41(37-15-7-3-8-16-37)27-30-50(47)58-51(45)34-43/h2-30,33-34,42H,31-32H2,1H3. The number of hydrogen-bond donors (Lipinski definition) is 0. The molecule has 0 spiro atoms. The van der Waals surface area contributed by atoms with Crippen LogP contribution in [0, 0.1) is 0 Å². The molecule has 0 radical (unpaired) electrons. The van der Waals surface area contributed by atoms with Crippen LogP contribution in [0.15, 0.2) is 202 Å². The predicted octanol–water partition coefficient (Wildman–Crippen LogP) is 13.8. The molecule has 1 aliphatic heterocycles. The first kappa shape index (κ1) is 34.0. The minimum Gasteiger partial charge on any atom is -0.456 e. The Morgan fingerprint density at radius 1 is 0.534 bits per heavy atom. The van der Waals surface area contributed by atoms with Crippen LogP contribution >= 0.6 is 0 Å². The molecule has 2 aliphatic rings. The molecule has 0 N–H and O–H groups in total. The Kier molecular flexibility index (Phi) is 8.21. The van der Waals surface area contributed by atoms with E-state index in [0.29, 0.717) is 12.3 Å². The van der Waals surface area contributed by atoms with Gasteiger partial charge in [-0.15, -0.1) is 0 Å². The minimum absolute atomic E-state index is 0.203. The van der Waals surface area contributed by atoms with Crippen molar-refractivity contribution in [2.24, 2.45) is 9.98 Å². The SMILES string of the molecule is CC1=C(c2ccc(-c3ccccc3)cc2)N=C(c2ccccc2)N=C(n2c3c(c4ccccc42)CC(c2ccc4c(c2)oc2ccc(-c5ccccc5)cc24)C=C3)C1. The fourth-order valence-corrected chi connectivity index (χ4v) is 8.87. The highest BCUT2D eigenvalue weighted by Gasteiger charge is 2.27. The first-order chi connectivity index (χ1) is 28.6. The molecule has 4 nitrogen and oxygen atoms in total. The number of fused-ring (bicyclic) bond motifs is 6. The van der Waals surface area contributed by atoms with Gasteiger partial charge < -0.3 is 4.42 Å². The summed E-state index contributed by atoms with van der Waals surface area (Å²) in [5, 5.41) is 3.55. The van der Waals surface area contributed by atoms with Gasteiger partial charge in [-0.1, -0.05) is 158 Å². The van der Waals surface area contributed by atoms with Gasteiger partial charge in [0.25, 0.3) is 0 Å². The summed E-state index contributed by atoms with van der Waals surface area (Å²) in [6.45, 7) is 2.20. The second-order valence-electron chi connectivity index (χ2n) is 15.4. The molecule has 0 saturated carbocycles. The van der Waals surface area contributed by atoms with Crippen LogP contribution in [0.3, 0.4) is 0 Å². The van der Waals surface area contributed by atoms with Crippen molar-refractivity contribution in [3.05, 3.63) is 216 Å². The van der Waals surface area contributed by atoms with Crippen molar-refractivity contribution in [3.63, 3.8) is 0 Å². The van der Waals surface area contributed by atoms with Crippen molar-refractivity contribution < 1.29 is 4.42 Å². The molecule has 1 aliphatic carbocycles. The maximum Gasteiger partial charge on any atom is 0.161 e. The van der Waals surface area contributed by atoms with Crippen LogP contribution in [0.5, 0.6) is 0 Å². The van der Waals surface area contributed by atoms with E-state index in [0.717, 1.165) is 56.5 Å². The van der Waals surface area contributed by atoms with E-state index in [1.165, 1.54) is 50.0 Å². The Bertz CT molecular complexity index is 3140. The van der Waals surface area contributed by atoms with Crippen molar-refractivity contribution in [3.8, 4) is 22.3 Å². The summed E-state index contributed by atoms with van der Waals surface area (Å²) in [5.74, 6) is 1.89. The van der Waals surface area contributed by atoms with Crippen LogP contribution in [-0.4, -0.2) is 16.2 Å². The summed E-state index contributed by atoms with van der Waals surface area (Å²) >= 11 is 0. The maximum absolute atomic E-state index is 6.47. The normalized spacial score (nSPS) is 15.4. The monoisotopic (exact) mass is 745 g/mol. The van der Waals surface area contributed by atoms with E-state index in [1.54, 1.807) is 0 Å². The average Bonchev–Trinajstić information content (AvgIpc) is 3.76. The Morgan fingerprint density at radius 3 is 1.93 bits per heavy atom. The molecule has 4 heteroatoms. The number of aliphatic imine (C=N–C) groups is 2. The summed E-state index contributed by atoms with van der Waals surface area (Å²) in [6.07, 6.45) is 6.21. The van der Waals surface area contributed by atoms with E-state index >= 15 is 0 Å². The van der Waals surface area contributed by atoms with Crippen LogP contribution in [0.25, 0.3) is 66.9 Å². The van der Waals surface area contributed by atoms with Gasteiger partial charge in [0, 0.05) is 39.6 Å². The molecule has 3 heterocycles. The molecule has 1 atom stereocenters. The second kappa shape index (κ2) is 14.0. The van der Waals surface area contributed by atoms with Gasteiger partial charge in [-0.25, -0.2) is 9.98 Å². The number of rotatable bonds is 5. The van der Waals surface area contributed by atoms with E-state index in [1.807, 2.05) is 6.07 Å². The van der Waals surface area contributed by atoms with Gasteiger partial charge in [0.15, 0.2) is 5.84 Å². The van der Waals surface area contributed by atoms with Gasteiger partial charge in [0.1, 0.15) is 17.0 Å². The van der Waals surface area contributed by atoms with Crippen molar-refractivity contribution in [1.29, 1.82) is 0 Å². The highest BCUT2D eigenvalue weighted by Crippen LogP contribution is 2.40. The third-order valence-corrected chi connectivity index (χ3v) is 11.8. The molecule has 0 saturated heterocycles. The number of para-hydroxylation sites is 1. The maximum atomic E-state index is 6.47. The molecule has 2 aromatic heterocycles. The van der Waals surface area contributed by atoms with Gasteiger partial charge in [0.05, 0.1) is 16.9 Å². The van der Waals surface area contributed by atoms with Crippen LogP contribution in [0.1, 0.15) is 47.2 Å². The number of benzene rings is 7. The molecule has 0 amide bonds. The minimum atomic E-state index is 0.203. The molecule has 1 unspecified atom stereocenters. The van der Waals surface area contributed by atoms with E-state index in [-0.39, 0.29) is 5.92 Å². The van der Waals surface area contributed by atoms with Crippen molar-refractivity contribution >= 4 is 56.3 Å². The average molecular weight is 746 g/mol. The molecule has 0 fully saturated rings. The quantitative estimate of drug-likeness (QED) is 0.173. The zero-order chi connectivity index (χ0) is 38.6. The first-order valence-corrected chi connectivity index (χ1v) is 20.0. The lowest BCUT2D eigenvalue weighted by molar-refractivity contribution is 0.667. The molecule has 0 bridgehead atoms. The van der Waals surface area contributed by atoms with Gasteiger partial charge >= 0.3 is 0 Å². The molecule has 58 heavy (non-hydrogen) atoms. The lowest BCUT2D eigenvalue weighted by Gasteiger charge is -2.20.